The normalized spacial score (nSPS) is 11.8. The average Bonchev–Trinajstić information content (AvgIpc) is 3.04. The average molecular weight is 619 g/mol. The highest BCUT2D eigenvalue weighted by Gasteiger charge is 2.28. The molecule has 3 rings (SSSR count). The third kappa shape index (κ3) is 9.65. The van der Waals surface area contributed by atoms with Crippen molar-refractivity contribution >= 4 is 29.5 Å². The Morgan fingerprint density at radius 1 is 0.956 bits per heavy atom. The molecule has 1 N–H and O–H groups in total. The number of rotatable bonds is 16. The Labute approximate surface area is 268 Å². The number of unbranched alkanes of at least 4 members (excludes halogenated alkanes) is 1. The van der Waals surface area contributed by atoms with Crippen molar-refractivity contribution in [2.75, 3.05) is 57.1 Å². The van der Waals surface area contributed by atoms with Crippen molar-refractivity contribution in [3.05, 3.63) is 71.4 Å². The zero-order valence-electron chi connectivity index (χ0n) is 28.2. The molecule has 0 saturated heterocycles. The first kappa shape index (κ1) is 35.3. The lowest BCUT2D eigenvalue weighted by Crippen LogP contribution is -2.36. The number of ether oxygens (including phenoxy) is 2. The molecule has 0 bridgehead atoms. The van der Waals surface area contributed by atoms with E-state index in [4.69, 9.17) is 9.47 Å². The van der Waals surface area contributed by atoms with Gasteiger partial charge in [-0.3, -0.25) is 9.69 Å². The molecule has 10 nitrogen and oxygen atoms in total. The van der Waals surface area contributed by atoms with Crippen molar-refractivity contribution in [1.29, 1.82) is 0 Å². The molecule has 0 spiro atoms. The van der Waals surface area contributed by atoms with Gasteiger partial charge in [0.25, 0.3) is 5.91 Å². The SMILES string of the molecule is CCCCN(C(=O)OC(c1cccc(OC)c1C)C(C)C)c1ccnc(Nc2ccc(C(=O)N(C)CCN(CC)CC)cc2)n1. The van der Waals surface area contributed by atoms with Crippen LogP contribution in [-0.2, 0) is 4.74 Å². The van der Waals surface area contributed by atoms with Gasteiger partial charge in [0.1, 0.15) is 17.7 Å². The molecular weight excluding hydrogens is 568 g/mol. The number of likely N-dealkylation sites (N-methyl/N-ethyl adjacent to an activating group) is 2. The van der Waals surface area contributed by atoms with Gasteiger partial charge in [0.05, 0.1) is 7.11 Å². The number of aromatic nitrogens is 2. The molecule has 0 aliphatic heterocycles. The highest BCUT2D eigenvalue weighted by molar-refractivity contribution is 5.94. The molecule has 0 saturated carbocycles. The number of hydrogen-bond donors (Lipinski definition) is 1. The van der Waals surface area contributed by atoms with Crippen LogP contribution in [0.4, 0.5) is 22.2 Å². The van der Waals surface area contributed by atoms with E-state index in [0.717, 1.165) is 55.0 Å². The van der Waals surface area contributed by atoms with Gasteiger partial charge >= 0.3 is 6.09 Å². The molecule has 1 aromatic heterocycles. The van der Waals surface area contributed by atoms with Crippen LogP contribution < -0.4 is 15.0 Å². The fourth-order valence-electron chi connectivity index (χ4n) is 5.05. The molecular formula is C35H50N6O4. The molecule has 1 heterocycles. The smallest absolute Gasteiger partial charge is 0.416 e. The lowest BCUT2D eigenvalue weighted by molar-refractivity contribution is 0.0754. The summed E-state index contributed by atoms with van der Waals surface area (Å²) in [5.41, 5.74) is 3.19. The van der Waals surface area contributed by atoms with Crippen LogP contribution in [0.3, 0.4) is 0 Å². The van der Waals surface area contributed by atoms with Gasteiger partial charge in [-0.1, -0.05) is 53.2 Å². The van der Waals surface area contributed by atoms with Crippen LogP contribution in [0.1, 0.15) is 75.0 Å². The van der Waals surface area contributed by atoms with Crippen molar-refractivity contribution in [1.82, 2.24) is 19.8 Å². The van der Waals surface area contributed by atoms with Crippen LogP contribution >= 0.6 is 0 Å². The molecule has 0 aliphatic carbocycles. The van der Waals surface area contributed by atoms with Crippen LogP contribution in [-0.4, -0.2) is 78.6 Å². The van der Waals surface area contributed by atoms with E-state index in [-0.39, 0.29) is 11.8 Å². The minimum absolute atomic E-state index is 0.0270. The van der Waals surface area contributed by atoms with Gasteiger partial charge in [-0.2, -0.15) is 4.98 Å². The zero-order chi connectivity index (χ0) is 32.9. The molecule has 0 radical (unpaired) electrons. The molecule has 2 aromatic carbocycles. The number of anilines is 3. The molecule has 2 amide bonds. The summed E-state index contributed by atoms with van der Waals surface area (Å²) in [4.78, 5) is 41.3. The quantitative estimate of drug-likeness (QED) is 0.182. The van der Waals surface area contributed by atoms with Gasteiger partial charge < -0.3 is 24.6 Å². The largest absolute Gasteiger partial charge is 0.496 e. The summed E-state index contributed by atoms with van der Waals surface area (Å²) in [5.74, 6) is 1.54. The highest BCUT2D eigenvalue weighted by atomic mass is 16.6. The van der Waals surface area contributed by atoms with Crippen molar-refractivity contribution < 1.29 is 19.1 Å². The van der Waals surface area contributed by atoms with E-state index in [1.807, 2.05) is 58.2 Å². The molecule has 244 valence electrons. The van der Waals surface area contributed by atoms with Crippen molar-refractivity contribution in [2.24, 2.45) is 5.92 Å². The predicted molar refractivity (Wildman–Crippen MR) is 181 cm³/mol. The lowest BCUT2D eigenvalue weighted by Gasteiger charge is -2.28. The number of nitrogens with zero attached hydrogens (tertiary/aromatic N) is 5. The Kier molecular flexibility index (Phi) is 13.6. The fraction of sp³-hybridized carbons (Fsp3) is 0.486. The number of benzene rings is 2. The first-order valence-electron chi connectivity index (χ1n) is 15.9. The Hall–Kier alpha value is -4.18. The topological polar surface area (TPSA) is 100 Å². The van der Waals surface area contributed by atoms with Gasteiger partial charge in [-0.25, -0.2) is 9.78 Å². The van der Waals surface area contributed by atoms with E-state index >= 15 is 0 Å². The summed E-state index contributed by atoms with van der Waals surface area (Å²) in [6.45, 7) is 16.2. The Morgan fingerprint density at radius 2 is 1.67 bits per heavy atom. The molecule has 45 heavy (non-hydrogen) atoms. The van der Waals surface area contributed by atoms with Crippen LogP contribution in [0, 0.1) is 12.8 Å². The number of nitrogens with one attached hydrogen (secondary N) is 1. The lowest BCUT2D eigenvalue weighted by atomic mass is 9.94. The van der Waals surface area contributed by atoms with Crippen molar-refractivity contribution in [3.63, 3.8) is 0 Å². The van der Waals surface area contributed by atoms with E-state index in [1.165, 1.54) is 0 Å². The first-order valence-corrected chi connectivity index (χ1v) is 15.9. The molecule has 1 unspecified atom stereocenters. The van der Waals surface area contributed by atoms with Crippen LogP contribution in [0.2, 0.25) is 0 Å². The molecule has 3 aromatic rings. The summed E-state index contributed by atoms with van der Waals surface area (Å²) in [6, 6.07) is 14.7. The summed E-state index contributed by atoms with van der Waals surface area (Å²) in [6.07, 6.45) is 2.37. The number of hydrogen-bond acceptors (Lipinski definition) is 8. The van der Waals surface area contributed by atoms with E-state index in [2.05, 4.69) is 41.0 Å². The number of carbonyl (C=O) groups is 2. The summed E-state index contributed by atoms with van der Waals surface area (Å²) < 4.78 is 11.7. The number of methoxy groups -OCH3 is 1. The summed E-state index contributed by atoms with van der Waals surface area (Å²) >= 11 is 0. The van der Waals surface area contributed by atoms with E-state index in [0.29, 0.717) is 30.4 Å². The maximum absolute atomic E-state index is 13.7. The van der Waals surface area contributed by atoms with Gasteiger partial charge in [-0.05, 0) is 79.9 Å². The first-order chi connectivity index (χ1) is 21.6. The summed E-state index contributed by atoms with van der Waals surface area (Å²) in [5, 5.41) is 3.20. The van der Waals surface area contributed by atoms with Crippen LogP contribution in [0.15, 0.2) is 54.7 Å². The molecule has 10 heteroatoms. The van der Waals surface area contributed by atoms with Crippen LogP contribution in [0.5, 0.6) is 5.75 Å². The Bertz CT molecular complexity index is 1380. The standard InChI is InChI=1S/C35H50N6O4/c1-9-12-22-41(35(43)45-32(25(4)5)29-14-13-15-30(44-8)26(29)6)31-20-21-36-34(38-31)37-28-18-16-27(17-19-28)33(42)39(7)23-24-40(10-2)11-3/h13-21,25,32H,9-12,22-24H2,1-8H3,(H,36,37,38). The molecule has 0 aliphatic rings. The highest BCUT2D eigenvalue weighted by Crippen LogP contribution is 2.33. The second-order valence-electron chi connectivity index (χ2n) is 11.4. The molecule has 1 atom stereocenters. The third-order valence-electron chi connectivity index (χ3n) is 7.94. The van der Waals surface area contributed by atoms with Crippen molar-refractivity contribution in [2.45, 2.75) is 60.5 Å². The van der Waals surface area contributed by atoms with E-state index in [1.54, 1.807) is 41.3 Å². The summed E-state index contributed by atoms with van der Waals surface area (Å²) in [7, 11) is 3.46. The Balaban J connectivity index is 1.75. The van der Waals surface area contributed by atoms with Crippen molar-refractivity contribution in [3.8, 4) is 5.75 Å². The van der Waals surface area contributed by atoms with Crippen LogP contribution in [0.25, 0.3) is 0 Å². The van der Waals surface area contributed by atoms with E-state index in [9.17, 15) is 9.59 Å². The minimum atomic E-state index is -0.470. The number of amides is 2. The van der Waals surface area contributed by atoms with Gasteiger partial charge in [0.2, 0.25) is 5.95 Å². The third-order valence-corrected chi connectivity index (χ3v) is 7.94. The maximum Gasteiger partial charge on any atom is 0.416 e. The zero-order valence-corrected chi connectivity index (χ0v) is 28.2. The monoisotopic (exact) mass is 618 g/mol. The van der Waals surface area contributed by atoms with Gasteiger partial charge in [0, 0.05) is 44.1 Å². The number of carbonyl (C=O) groups excluding carboxylic acids is 2. The predicted octanol–water partition coefficient (Wildman–Crippen LogP) is 7.09. The molecule has 0 fully saturated rings. The second-order valence-corrected chi connectivity index (χ2v) is 11.4. The van der Waals surface area contributed by atoms with E-state index < -0.39 is 12.2 Å². The Morgan fingerprint density at radius 3 is 2.29 bits per heavy atom. The minimum Gasteiger partial charge on any atom is -0.496 e. The second kappa shape index (κ2) is 17.3. The maximum atomic E-state index is 13.7. The fourth-order valence-corrected chi connectivity index (χ4v) is 5.05. The van der Waals surface area contributed by atoms with Gasteiger partial charge in [-0.15, -0.1) is 0 Å². The van der Waals surface area contributed by atoms with Gasteiger partial charge in [0.15, 0.2) is 0 Å².